The number of ether oxygens (including phenoxy) is 1. The Kier molecular flexibility index (Phi) is 6.77. The lowest BCUT2D eigenvalue weighted by atomic mass is 10.1. The fraction of sp³-hybridized carbons (Fsp3) is 0.462. The molecule has 2 aliphatic heterocycles. The number of fused-ring (bicyclic) bond motifs is 1. The molecule has 2 aliphatic rings. The smallest absolute Gasteiger partial charge is 0.145 e. The molecule has 0 aliphatic carbocycles. The van der Waals surface area contributed by atoms with E-state index in [0.29, 0.717) is 11.1 Å². The molecule has 0 bridgehead atoms. The average molecular weight is 481 g/mol. The van der Waals surface area contributed by atoms with Crippen LogP contribution in [0.4, 0.5) is 17.2 Å². The van der Waals surface area contributed by atoms with E-state index in [9.17, 15) is 0 Å². The molecule has 2 aromatic carbocycles. The lowest BCUT2D eigenvalue weighted by Gasteiger charge is -2.30. The van der Waals surface area contributed by atoms with Crippen LogP contribution in [-0.2, 0) is 0 Å². The highest BCUT2D eigenvalue weighted by Crippen LogP contribution is 2.38. The summed E-state index contributed by atoms with van der Waals surface area (Å²) >= 11 is 6.22. The van der Waals surface area contributed by atoms with E-state index in [2.05, 4.69) is 63.3 Å². The minimum absolute atomic E-state index is 0.182. The van der Waals surface area contributed by atoms with Crippen LogP contribution in [0, 0.1) is 0 Å². The van der Waals surface area contributed by atoms with Gasteiger partial charge in [0.1, 0.15) is 24.0 Å². The molecule has 0 amide bonds. The number of rotatable bonds is 6. The number of aromatic nitrogens is 2. The lowest BCUT2D eigenvalue weighted by Crippen LogP contribution is -2.35. The first-order chi connectivity index (χ1) is 16.5. The summed E-state index contributed by atoms with van der Waals surface area (Å²) in [5.41, 5.74) is 2.93. The number of benzene rings is 2. The molecule has 1 aromatic heterocycles. The van der Waals surface area contributed by atoms with Gasteiger partial charge in [0.15, 0.2) is 0 Å². The molecule has 0 spiro atoms. The minimum atomic E-state index is 0.182. The number of piperidine rings is 1. The van der Waals surface area contributed by atoms with Crippen LogP contribution in [-0.4, -0.2) is 79.2 Å². The van der Waals surface area contributed by atoms with Crippen LogP contribution in [0.25, 0.3) is 10.9 Å². The van der Waals surface area contributed by atoms with Crippen molar-refractivity contribution in [2.24, 2.45) is 0 Å². The highest BCUT2D eigenvalue weighted by Gasteiger charge is 2.27. The van der Waals surface area contributed by atoms with Crippen molar-refractivity contribution in [3.8, 4) is 5.75 Å². The summed E-state index contributed by atoms with van der Waals surface area (Å²) in [5.74, 6) is 1.58. The first-order valence-corrected chi connectivity index (χ1v) is 12.4. The van der Waals surface area contributed by atoms with E-state index in [4.69, 9.17) is 16.3 Å². The Balaban J connectivity index is 1.53. The van der Waals surface area contributed by atoms with Crippen LogP contribution in [0.1, 0.15) is 19.3 Å². The number of hydrogen-bond donors (Lipinski definition) is 1. The Morgan fingerprint density at radius 1 is 1.06 bits per heavy atom. The molecule has 1 atom stereocenters. The van der Waals surface area contributed by atoms with E-state index in [1.807, 2.05) is 24.3 Å². The largest absolute Gasteiger partial charge is 0.489 e. The average Bonchev–Trinajstić information content (AvgIpc) is 3.31. The molecule has 2 fully saturated rings. The molecule has 34 heavy (non-hydrogen) atoms. The Hall–Kier alpha value is -2.61. The summed E-state index contributed by atoms with van der Waals surface area (Å²) < 4.78 is 6.68. The van der Waals surface area contributed by atoms with Crippen LogP contribution in [0.5, 0.6) is 5.75 Å². The molecule has 7 nitrogen and oxygen atoms in total. The van der Waals surface area contributed by atoms with Crippen molar-refractivity contribution in [2.75, 3.05) is 57.5 Å². The molecule has 2 saturated heterocycles. The second-order valence-electron chi connectivity index (χ2n) is 9.67. The SMILES string of the molecule is CN1CCC(Oc2cc(N3CCC(N(C)C)C3)cc3ncnc(Nc4cccc(Cl)c4)c23)CC1. The zero-order valence-electron chi connectivity index (χ0n) is 20.2. The first-order valence-electron chi connectivity index (χ1n) is 12.0. The maximum absolute atomic E-state index is 6.68. The van der Waals surface area contributed by atoms with Gasteiger partial charge in [-0.05, 0) is 64.7 Å². The van der Waals surface area contributed by atoms with Crippen molar-refractivity contribution in [3.63, 3.8) is 0 Å². The highest BCUT2D eigenvalue weighted by atomic mass is 35.5. The molecule has 1 N–H and O–H groups in total. The van der Waals surface area contributed by atoms with E-state index in [1.165, 1.54) is 0 Å². The highest BCUT2D eigenvalue weighted by molar-refractivity contribution is 6.30. The second kappa shape index (κ2) is 9.94. The predicted octanol–water partition coefficient (Wildman–Crippen LogP) is 4.64. The maximum atomic E-state index is 6.68. The Labute approximate surface area is 206 Å². The van der Waals surface area contributed by atoms with Crippen LogP contribution in [0.15, 0.2) is 42.7 Å². The zero-order chi connectivity index (χ0) is 23.7. The Morgan fingerprint density at radius 2 is 1.88 bits per heavy atom. The van der Waals surface area contributed by atoms with Crippen molar-refractivity contribution in [2.45, 2.75) is 31.4 Å². The minimum Gasteiger partial charge on any atom is -0.489 e. The molecular weight excluding hydrogens is 448 g/mol. The van der Waals surface area contributed by atoms with Crippen molar-refractivity contribution in [1.82, 2.24) is 19.8 Å². The molecule has 0 saturated carbocycles. The predicted molar refractivity (Wildman–Crippen MR) is 140 cm³/mol. The van der Waals surface area contributed by atoms with Gasteiger partial charge < -0.3 is 24.8 Å². The monoisotopic (exact) mass is 480 g/mol. The van der Waals surface area contributed by atoms with Gasteiger partial charge in [0.05, 0.1) is 10.9 Å². The van der Waals surface area contributed by atoms with Gasteiger partial charge in [-0.2, -0.15) is 0 Å². The van der Waals surface area contributed by atoms with Gasteiger partial charge in [0.25, 0.3) is 0 Å². The van der Waals surface area contributed by atoms with Crippen LogP contribution in [0.3, 0.4) is 0 Å². The second-order valence-corrected chi connectivity index (χ2v) is 10.1. The van der Waals surface area contributed by atoms with Gasteiger partial charge in [0.2, 0.25) is 0 Å². The van der Waals surface area contributed by atoms with Gasteiger partial charge in [0, 0.05) is 54.7 Å². The summed E-state index contributed by atoms with van der Waals surface area (Å²) in [6.45, 7) is 4.12. The summed E-state index contributed by atoms with van der Waals surface area (Å²) in [6, 6.07) is 12.6. The summed E-state index contributed by atoms with van der Waals surface area (Å²) in [7, 11) is 6.48. The summed E-state index contributed by atoms with van der Waals surface area (Å²) in [4.78, 5) is 16.3. The standard InChI is InChI=1S/C26H33ClN6O/c1-31(2)20-7-12-33(16-20)21-14-23-25(24(15-21)34-22-8-10-32(3)11-9-22)26(29-17-28-23)30-19-6-4-5-18(27)13-19/h4-6,13-15,17,20,22H,7-12,16H2,1-3H3,(H,28,29,30). The Morgan fingerprint density at radius 3 is 2.62 bits per heavy atom. The van der Waals surface area contributed by atoms with E-state index in [-0.39, 0.29) is 6.10 Å². The van der Waals surface area contributed by atoms with Crippen LogP contribution in [0.2, 0.25) is 5.02 Å². The number of likely N-dealkylation sites (tertiary alicyclic amines) is 1. The van der Waals surface area contributed by atoms with E-state index in [0.717, 1.165) is 79.3 Å². The topological polar surface area (TPSA) is 56.8 Å². The molecule has 3 heterocycles. The first kappa shape index (κ1) is 23.1. The molecule has 0 radical (unpaired) electrons. The van der Waals surface area contributed by atoms with Gasteiger partial charge in [-0.15, -0.1) is 0 Å². The molecule has 1 unspecified atom stereocenters. The van der Waals surface area contributed by atoms with Crippen molar-refractivity contribution in [3.05, 3.63) is 47.7 Å². The van der Waals surface area contributed by atoms with Crippen LogP contribution >= 0.6 is 11.6 Å². The number of nitrogens with zero attached hydrogens (tertiary/aromatic N) is 5. The Bertz CT molecular complexity index is 1150. The lowest BCUT2D eigenvalue weighted by molar-refractivity contribution is 0.116. The fourth-order valence-corrected chi connectivity index (χ4v) is 5.08. The number of halogens is 1. The van der Waals surface area contributed by atoms with Gasteiger partial charge in [-0.25, -0.2) is 9.97 Å². The van der Waals surface area contributed by atoms with Crippen molar-refractivity contribution in [1.29, 1.82) is 0 Å². The molecular formula is C26H33ClN6O. The third-order valence-corrected chi connectivity index (χ3v) is 7.23. The van der Waals surface area contributed by atoms with Crippen molar-refractivity contribution < 1.29 is 4.74 Å². The van der Waals surface area contributed by atoms with E-state index < -0.39 is 0 Å². The van der Waals surface area contributed by atoms with E-state index >= 15 is 0 Å². The number of anilines is 3. The quantitative estimate of drug-likeness (QED) is 0.551. The number of nitrogens with one attached hydrogen (secondary N) is 1. The van der Waals surface area contributed by atoms with Gasteiger partial charge in [-0.3, -0.25) is 0 Å². The third kappa shape index (κ3) is 5.06. The third-order valence-electron chi connectivity index (χ3n) is 6.99. The van der Waals surface area contributed by atoms with Crippen molar-refractivity contribution >= 4 is 39.7 Å². The fourth-order valence-electron chi connectivity index (χ4n) is 4.89. The molecule has 8 heteroatoms. The van der Waals surface area contributed by atoms with E-state index in [1.54, 1.807) is 6.33 Å². The number of likely N-dealkylation sites (N-methyl/N-ethyl adjacent to an activating group) is 1. The normalized spacial score (nSPS) is 19.8. The molecule has 5 rings (SSSR count). The summed E-state index contributed by atoms with van der Waals surface area (Å²) in [5, 5.41) is 5.03. The van der Waals surface area contributed by atoms with Gasteiger partial charge in [-0.1, -0.05) is 17.7 Å². The summed E-state index contributed by atoms with van der Waals surface area (Å²) in [6.07, 6.45) is 4.98. The molecule has 180 valence electrons. The van der Waals surface area contributed by atoms with Gasteiger partial charge >= 0.3 is 0 Å². The number of hydrogen-bond acceptors (Lipinski definition) is 7. The zero-order valence-corrected chi connectivity index (χ0v) is 20.9. The molecule has 3 aromatic rings. The van der Waals surface area contributed by atoms with Crippen LogP contribution < -0.4 is 15.0 Å². The maximum Gasteiger partial charge on any atom is 0.145 e.